The van der Waals surface area contributed by atoms with E-state index in [0.29, 0.717) is 0 Å². The summed E-state index contributed by atoms with van der Waals surface area (Å²) in [7, 11) is 0. The van der Waals surface area contributed by atoms with Crippen molar-refractivity contribution in [1.29, 1.82) is 5.53 Å². The van der Waals surface area contributed by atoms with Crippen molar-refractivity contribution in [2.75, 3.05) is 0 Å². The predicted octanol–water partition coefficient (Wildman–Crippen LogP) is 0.380. The van der Waals surface area contributed by atoms with E-state index in [4.69, 9.17) is 15.9 Å². The summed E-state index contributed by atoms with van der Waals surface area (Å²) in [5.74, 6) is 0. The maximum Gasteiger partial charge on any atom is 0.00508 e. The molecule has 0 unspecified atom stereocenters. The van der Waals surface area contributed by atoms with Crippen LogP contribution in [-0.4, -0.2) is 15.8 Å². The highest BCUT2D eigenvalue weighted by molar-refractivity contribution is 3.90. The van der Waals surface area contributed by atoms with Crippen LogP contribution in [0.3, 0.4) is 0 Å². The van der Waals surface area contributed by atoms with Gasteiger partial charge in [-0.3, -0.25) is 0 Å². The summed E-state index contributed by atoms with van der Waals surface area (Å²) >= 11 is 0. The van der Waals surface area contributed by atoms with Crippen molar-refractivity contribution in [2.45, 2.75) is 0 Å². The highest BCUT2D eigenvalue weighted by Crippen LogP contribution is 1.75. The molecule has 0 amide bonds. The van der Waals surface area contributed by atoms with Crippen LogP contribution in [0.25, 0.3) is 0 Å². The minimum atomic E-state index is -0.544. The van der Waals surface area contributed by atoms with Crippen LogP contribution in [0.2, 0.25) is 0 Å². The molecule has 0 heterocycles. The van der Waals surface area contributed by atoms with Gasteiger partial charge in [-0.15, -0.1) is 0 Å². The van der Waals surface area contributed by atoms with Crippen LogP contribution >= 0.6 is 0 Å². The lowest BCUT2D eigenvalue weighted by molar-refractivity contribution is -0.313. The average Bonchev–Trinajstić information content (AvgIpc) is 1.61. The first-order chi connectivity index (χ1) is 3.27. The summed E-state index contributed by atoms with van der Waals surface area (Å²) < 4.78 is 0. The average molecular weight is 105 g/mol. The smallest absolute Gasteiger partial charge is 0.00508 e. The molecule has 0 spiro atoms. The van der Waals surface area contributed by atoms with Crippen LogP contribution in [-0.2, 0) is 0 Å². The Hall–Kier alpha value is -1.08. The molecule has 0 aliphatic heterocycles. The molecule has 0 aromatic rings. The van der Waals surface area contributed by atoms with Gasteiger partial charge in [-0.2, -0.15) is 5.53 Å². The molecule has 0 aliphatic rings. The Balaban J connectivity index is 3.25. The Bertz CT molecular complexity index is 74.1. The lowest BCUT2D eigenvalue weighted by Gasteiger charge is -1.89. The van der Waals surface area contributed by atoms with Gasteiger partial charge in [-0.05, 0) is 15.8 Å². The van der Waals surface area contributed by atoms with Crippen LogP contribution in [0.1, 0.15) is 0 Å². The third-order valence-corrected chi connectivity index (χ3v) is 0.165. The Morgan fingerprint density at radius 2 is 2.00 bits per heavy atom. The second-order valence-corrected chi connectivity index (χ2v) is 0.547. The third kappa shape index (κ3) is 4.92. The van der Waals surface area contributed by atoms with Gasteiger partial charge in [0.15, 0.2) is 0 Å². The highest BCUT2D eigenvalue weighted by atomic mass is 16.8. The molecule has 40 valence electrons. The van der Waals surface area contributed by atoms with Gasteiger partial charge in [0.05, 0.1) is 0 Å². The molecule has 3 N–H and O–H groups in total. The lowest BCUT2D eigenvalue weighted by Crippen LogP contribution is -2.01. The summed E-state index contributed by atoms with van der Waals surface area (Å²) in [6.45, 7) is 0. The largest absolute Gasteiger partial charge is 0.246 e. The van der Waals surface area contributed by atoms with Crippen LogP contribution in [0, 0.1) is 5.53 Å². The molecule has 0 saturated heterocycles. The fourth-order valence-corrected chi connectivity index (χ4v) is 0.0558. The summed E-state index contributed by atoms with van der Waals surface area (Å²) in [6, 6.07) is 0. The van der Waals surface area contributed by atoms with Gasteiger partial charge < -0.3 is 0 Å². The van der Waals surface area contributed by atoms with Crippen molar-refractivity contribution in [3.05, 3.63) is 0 Å². The quantitative estimate of drug-likeness (QED) is 0.349. The topological polar surface area (TPSA) is 105 Å². The van der Waals surface area contributed by atoms with E-state index in [1.165, 1.54) is 0 Å². The number of nitrogens with zero attached hydrogens (tertiary/aromatic N) is 4. The first-order valence-corrected chi connectivity index (χ1v) is 1.22. The van der Waals surface area contributed by atoms with Crippen molar-refractivity contribution in [3.8, 4) is 0 Å². The third-order valence-electron chi connectivity index (χ3n) is 0.165. The van der Waals surface area contributed by atoms with Gasteiger partial charge in [0.2, 0.25) is 0 Å². The van der Waals surface area contributed by atoms with E-state index < -0.39 is 5.34 Å². The molecule has 0 fully saturated rings. The molecule has 0 saturated carbocycles. The zero-order chi connectivity index (χ0) is 5.70. The van der Waals surface area contributed by atoms with Gasteiger partial charge in [-0.1, -0.05) is 0 Å². The maximum atomic E-state index is 7.67. The molecule has 0 rings (SSSR count). The van der Waals surface area contributed by atoms with Gasteiger partial charge in [0, 0.05) is 5.22 Å². The van der Waals surface area contributed by atoms with Gasteiger partial charge in [0.25, 0.3) is 0 Å². The molecule has 0 aromatic heterocycles. The molecule has 0 aliphatic carbocycles. The molecule has 7 nitrogen and oxygen atoms in total. The number of rotatable bonds is 2. The van der Waals surface area contributed by atoms with Crippen molar-refractivity contribution in [2.24, 2.45) is 15.7 Å². The Morgan fingerprint density at radius 1 is 1.43 bits per heavy atom. The second kappa shape index (κ2) is 3.12. The van der Waals surface area contributed by atoms with Crippen LogP contribution in [0.5, 0.6) is 0 Å². The summed E-state index contributed by atoms with van der Waals surface area (Å²) in [4.78, 5) is 0. The van der Waals surface area contributed by atoms with Gasteiger partial charge in [-0.25, -0.2) is 10.4 Å². The predicted molar refractivity (Wildman–Crippen MR) is 15.4 cm³/mol. The molecular formula is H3N5O2. The van der Waals surface area contributed by atoms with Crippen LogP contribution in [0.4, 0.5) is 0 Å². The fraction of sp³-hybridized carbons (Fsp3) is 0. The molecule has 0 aromatic carbocycles. The number of hydrogen-bond donors (Lipinski definition) is 3. The first kappa shape index (κ1) is 5.92. The first-order valence-electron chi connectivity index (χ1n) is 1.22. The highest BCUT2D eigenvalue weighted by Gasteiger charge is 1.76. The Morgan fingerprint density at radius 3 is 2.14 bits per heavy atom. The zero-order valence-corrected chi connectivity index (χ0v) is 3.18. The number of hydrogen-bond acceptors (Lipinski definition) is 4. The van der Waals surface area contributed by atoms with E-state index in [0.717, 1.165) is 0 Å². The van der Waals surface area contributed by atoms with E-state index in [9.17, 15) is 0 Å². The Labute approximate surface area is 38.3 Å². The summed E-state index contributed by atoms with van der Waals surface area (Å²) in [5, 5.41) is 22.1. The summed E-state index contributed by atoms with van der Waals surface area (Å²) in [6.07, 6.45) is 0. The molecule has 0 atom stereocenters. The van der Waals surface area contributed by atoms with Crippen molar-refractivity contribution >= 4 is 0 Å². The maximum absolute atomic E-state index is 7.67. The minimum Gasteiger partial charge on any atom is -0.246 e. The van der Waals surface area contributed by atoms with Gasteiger partial charge >= 0.3 is 0 Å². The fourth-order valence-electron chi connectivity index (χ4n) is 0.0558. The van der Waals surface area contributed by atoms with E-state index in [-0.39, 0.29) is 0 Å². The van der Waals surface area contributed by atoms with Gasteiger partial charge in [0.1, 0.15) is 0 Å². The van der Waals surface area contributed by atoms with E-state index in [1.807, 2.05) is 0 Å². The molecule has 7 heavy (non-hydrogen) atoms. The molecule has 0 bridgehead atoms. The zero-order valence-electron chi connectivity index (χ0n) is 3.18. The normalized spacial score (nSPS) is 9.43. The monoisotopic (exact) mass is 105 g/mol. The molecule has 0 radical (unpaired) electrons. The lowest BCUT2D eigenvalue weighted by atomic mass is 12.4. The van der Waals surface area contributed by atoms with Crippen molar-refractivity contribution in [3.63, 3.8) is 0 Å². The van der Waals surface area contributed by atoms with Crippen LogP contribution in [0.15, 0.2) is 15.7 Å². The minimum absolute atomic E-state index is 0.544. The standard InChI is InChI=1S/H3N5O2/c1-2-3-4-5(6)7/h1,6-7H/b2-1?,4-3+. The van der Waals surface area contributed by atoms with Crippen LogP contribution < -0.4 is 0 Å². The molecular weight excluding hydrogens is 102 g/mol. The second-order valence-electron chi connectivity index (χ2n) is 0.547. The van der Waals surface area contributed by atoms with E-state index >= 15 is 0 Å². The molecule has 7 heteroatoms. The van der Waals surface area contributed by atoms with E-state index in [2.05, 4.69) is 15.7 Å². The Kier molecular flexibility index (Phi) is 2.64. The van der Waals surface area contributed by atoms with Crippen molar-refractivity contribution in [1.82, 2.24) is 5.34 Å². The van der Waals surface area contributed by atoms with Crippen molar-refractivity contribution < 1.29 is 10.4 Å². The van der Waals surface area contributed by atoms with E-state index in [1.54, 1.807) is 0 Å². The number of nitrogens with one attached hydrogen (secondary N) is 1. The summed E-state index contributed by atoms with van der Waals surface area (Å²) in [5.41, 5.74) is 5.91. The SMILES string of the molecule is N=N/N=N/N(O)O.